The van der Waals surface area contributed by atoms with Gasteiger partial charge in [0, 0.05) is 55.5 Å². The molecule has 0 radical (unpaired) electrons. The minimum absolute atomic E-state index is 0.0709. The minimum Gasteiger partial charge on any atom is -0.394 e. The third kappa shape index (κ3) is 21.0. The fraction of sp³-hybridized carbons (Fsp3) is 0.659. The number of ether oxygens (including phenoxy) is 7. The second kappa shape index (κ2) is 42.6. The predicted octanol–water partition coefficient (Wildman–Crippen LogP) is 4.72. The number of halogens is 18. The minimum atomic E-state index is -3.99. The molecule has 7 saturated heterocycles. The highest BCUT2D eigenvalue weighted by Crippen LogP contribution is 2.57. The molecular weight excluding hydrogens is 1910 g/mol. The Hall–Kier alpha value is -10.4. The number of anilines is 2. The average molecular weight is 2010 g/mol. The SMILES string of the molecule is CCC1(CC)O[C@@H](N2C=CC(=O)CC2=O)C(F)(F)[C@@H]1C.CC[C@@]1(CF)O[C@@H](N2C=CC(=O)CC2=O)C(F)(F)[C@@H]1C.CC[C@@]1(CF)O[C@@H](n2ccc(N)nc2=O)C(F)(F)[C@@H]1C.C[C@@H]1C(CO)(CO)O[C@@H](n2ccc(=O)[nH]c2=O)C1(F)F.C[C@@H]1[C@@H](CO)O[C@@H](n2ccc(=O)[nH]c2=O)C1(F)F.C[C@H]1C(F)(F)[C@H](N2C=CC(=O)CC2=O)O[C@@]1(CO)CF.Nc1ccn([C@@H]2O[C@@](CO)(CF)[C@@H](O)C2(F)F)c(=O)n1. The van der Waals surface area contributed by atoms with Gasteiger partial charge in [-0.05, 0) is 56.0 Å². The number of carbonyl (C=O) groups is 6. The molecule has 138 heavy (non-hydrogen) atoms. The summed E-state index contributed by atoms with van der Waals surface area (Å²) in [5.41, 5.74) is -5.54. The zero-order valence-corrected chi connectivity index (χ0v) is 75.0. The van der Waals surface area contributed by atoms with E-state index in [9.17, 15) is 152 Å². The molecule has 56 heteroatoms. The number of H-pyrrole nitrogens is 2. The summed E-state index contributed by atoms with van der Waals surface area (Å²) in [7, 11) is 0. The number of nitrogens with two attached hydrogens (primary N) is 2. The third-order valence-electron chi connectivity index (χ3n) is 26.4. The van der Waals surface area contributed by atoms with E-state index >= 15 is 0 Å². The van der Waals surface area contributed by atoms with Crippen molar-refractivity contribution in [3.8, 4) is 0 Å². The largest absolute Gasteiger partial charge is 0.394 e. The van der Waals surface area contributed by atoms with Gasteiger partial charge in [0.05, 0.1) is 99.5 Å². The summed E-state index contributed by atoms with van der Waals surface area (Å²) in [5, 5.41) is 55.1. The number of aliphatic hydroxyl groups is 6. The molecular formula is C82H103F18N13O25. The van der Waals surface area contributed by atoms with Crippen LogP contribution in [0.5, 0.6) is 0 Å². The number of hydrogen-bond acceptors (Lipinski definition) is 29. The molecule has 12 N–H and O–H groups in total. The summed E-state index contributed by atoms with van der Waals surface area (Å²) in [6.07, 6.45) is -7.57. The Morgan fingerprint density at radius 3 is 0.920 bits per heavy atom. The quantitative estimate of drug-likeness (QED) is 0.0423. The lowest BCUT2D eigenvalue weighted by Gasteiger charge is -2.32. The fourth-order valence-corrected chi connectivity index (χ4v) is 16.5. The van der Waals surface area contributed by atoms with Crippen molar-refractivity contribution in [2.75, 3.05) is 71.2 Å². The number of nitrogens with zero attached hydrogens (tertiary/aromatic N) is 9. The summed E-state index contributed by atoms with van der Waals surface area (Å²) in [6, 6.07) is 4.15. The molecule has 772 valence electrons. The standard InChI is InChI=1S/C14H19F2NO3.C13H16F3NO3.C12H16F3N3O2.C12H14F3NO4.C11H14F2N2O5.C10H12F3N3O4.C10H12F2N2O4/c1-4-13(5-2)9(3)14(15,16)12(20-13)17-7-6-10(18)8-11(17)19;1-3-12(7-14)8(2)13(15,16)11(20-12)17-5-4-9(18)6-10(17)19;1-3-11(6-13)7(2)12(14,15)9(20-11)18-5-4-8(16)17-10(18)19;1-7-11(5-13,6-17)20-10(12(7,14)15)16-3-2-8(18)4-9(16)19;1-6-10(4-16,5-17)20-8(11(6,12)13)15-3-2-7(18)14-9(15)19;11-3-9(4-17)6(18)10(12,13)7(20-9)16-2-1-5(14)15-8(16)19;1-5-6(4-15)18-8(10(5,11)12)14-3-2-7(16)13-9(14)17/h6-7,9,12H,4-5,8H2,1-3H3;4-5,8,11H,3,6-7H2,1-2H3;4-5,7,9H,3,6H2,1-2H3,(H2,16,17,19);2-3,7,10,17H,4-6H2,1H3;2-3,6,8,16-17H,4-5H2,1H3,(H,14,18,19);1-2,6-7,17-18H,3-4H2,(H2,14,15,19);2-3,5-6,8,15H,4H2,1H3,(H,13,16,17)/t9-,12-;8-,11-,12+;7-,9-,11+;7-,10-,11-;6-,8-;6-,7-,9-;5-,6-,8-/m1111111/s1. The van der Waals surface area contributed by atoms with E-state index in [0.29, 0.717) is 40.9 Å². The van der Waals surface area contributed by atoms with Gasteiger partial charge >= 0.3 is 28.7 Å². The van der Waals surface area contributed by atoms with Crippen LogP contribution in [0.15, 0.2) is 115 Å². The number of aromatic amines is 2. The van der Waals surface area contributed by atoms with Gasteiger partial charge in [-0.3, -0.25) is 81.3 Å². The van der Waals surface area contributed by atoms with Crippen molar-refractivity contribution < 1.29 is 172 Å². The van der Waals surface area contributed by atoms with Crippen LogP contribution in [-0.2, 0) is 61.9 Å². The Kier molecular flexibility index (Phi) is 34.8. The van der Waals surface area contributed by atoms with Gasteiger partial charge in [-0.1, -0.05) is 69.2 Å². The molecule has 10 aliphatic heterocycles. The molecule has 14 rings (SSSR count). The Bertz CT molecular complexity index is 5210. The van der Waals surface area contributed by atoms with Gasteiger partial charge in [0.1, 0.15) is 60.7 Å². The molecule has 3 amide bonds. The van der Waals surface area contributed by atoms with Crippen LogP contribution in [0.3, 0.4) is 0 Å². The number of hydrogen-bond donors (Lipinski definition) is 10. The van der Waals surface area contributed by atoms with Crippen LogP contribution in [0.2, 0.25) is 0 Å². The van der Waals surface area contributed by atoms with Crippen molar-refractivity contribution in [3.63, 3.8) is 0 Å². The first-order valence-electron chi connectivity index (χ1n) is 42.3. The molecule has 0 aromatic carbocycles. The molecule has 10 aliphatic rings. The first-order chi connectivity index (χ1) is 64.1. The van der Waals surface area contributed by atoms with Gasteiger partial charge in [-0.2, -0.15) is 18.7 Å². The van der Waals surface area contributed by atoms with Crippen molar-refractivity contribution in [1.82, 2.24) is 52.9 Å². The number of aliphatic hydroxyl groups excluding tert-OH is 6. The number of allylic oxidation sites excluding steroid dienone is 3. The van der Waals surface area contributed by atoms with Gasteiger partial charge in [0.25, 0.3) is 46.7 Å². The average Bonchev–Trinajstić information content (AvgIpc) is 1.60. The molecule has 4 aromatic rings. The van der Waals surface area contributed by atoms with E-state index in [1.165, 1.54) is 33.8 Å². The molecule has 0 saturated carbocycles. The summed E-state index contributed by atoms with van der Waals surface area (Å²) >= 11 is 0. The van der Waals surface area contributed by atoms with Crippen molar-refractivity contribution >= 4 is 46.7 Å². The van der Waals surface area contributed by atoms with Crippen molar-refractivity contribution in [2.45, 2.75) is 245 Å². The summed E-state index contributed by atoms with van der Waals surface area (Å²) in [5.74, 6) is -36.2. The van der Waals surface area contributed by atoms with Crippen LogP contribution in [0.1, 0.15) is 139 Å². The maximum atomic E-state index is 14.5. The maximum Gasteiger partial charge on any atom is 0.351 e. The third-order valence-corrected chi connectivity index (χ3v) is 26.4. The van der Waals surface area contributed by atoms with Gasteiger partial charge in [0.15, 0.2) is 29.1 Å². The predicted molar refractivity (Wildman–Crippen MR) is 437 cm³/mol. The lowest BCUT2D eigenvalue weighted by molar-refractivity contribution is -0.178. The van der Waals surface area contributed by atoms with E-state index in [1.807, 2.05) is 9.97 Å². The van der Waals surface area contributed by atoms with Crippen LogP contribution in [0.4, 0.5) is 90.7 Å². The van der Waals surface area contributed by atoms with E-state index < -0.39 is 302 Å². The second-order valence-electron chi connectivity index (χ2n) is 33.9. The summed E-state index contributed by atoms with van der Waals surface area (Å²) in [6.45, 7) is 4.76. The molecule has 0 spiro atoms. The maximum absolute atomic E-state index is 14.5. The number of aromatic nitrogens is 8. The van der Waals surface area contributed by atoms with Crippen molar-refractivity contribution in [2.24, 2.45) is 35.5 Å². The van der Waals surface area contributed by atoms with Crippen LogP contribution in [0, 0.1) is 35.5 Å². The Morgan fingerprint density at radius 2 is 0.645 bits per heavy atom. The zero-order chi connectivity index (χ0) is 104. The topological polar surface area (TPSA) is 530 Å². The van der Waals surface area contributed by atoms with E-state index in [2.05, 4.69) is 9.97 Å². The molecule has 0 unspecified atom stereocenters. The van der Waals surface area contributed by atoms with Crippen molar-refractivity contribution in [3.05, 3.63) is 149 Å². The van der Waals surface area contributed by atoms with E-state index in [4.69, 9.17) is 59.9 Å². The highest BCUT2D eigenvalue weighted by molar-refractivity contribution is 6.07. The Balaban J connectivity index is 0.000000198. The number of rotatable bonds is 20. The monoisotopic (exact) mass is 2010 g/mol. The Labute approximate surface area is 769 Å². The van der Waals surface area contributed by atoms with E-state index in [-0.39, 0.29) is 36.7 Å². The molecule has 38 nitrogen and oxygen atoms in total. The van der Waals surface area contributed by atoms with Gasteiger partial charge in [-0.15, -0.1) is 0 Å². The van der Waals surface area contributed by atoms with Gasteiger partial charge in [-0.25, -0.2) is 89.4 Å². The molecule has 0 aliphatic carbocycles. The molecule has 7 fully saturated rings. The number of carbonyl (C=O) groups excluding carboxylic acids is 6. The summed E-state index contributed by atoms with van der Waals surface area (Å²) < 4.78 is 289. The fourth-order valence-electron chi connectivity index (χ4n) is 16.5. The summed E-state index contributed by atoms with van der Waals surface area (Å²) in [4.78, 5) is 149. The smallest absolute Gasteiger partial charge is 0.351 e. The lowest BCUT2D eigenvalue weighted by atomic mass is 9.82. The lowest BCUT2D eigenvalue weighted by Crippen LogP contribution is -2.50. The molecule has 14 heterocycles. The number of nitrogens with one attached hydrogen (secondary N) is 2. The highest BCUT2D eigenvalue weighted by Gasteiger charge is 2.72. The van der Waals surface area contributed by atoms with E-state index in [1.54, 1.807) is 27.7 Å². The number of ketones is 3. The number of nitrogen functional groups attached to an aromatic ring is 2. The van der Waals surface area contributed by atoms with Gasteiger partial charge < -0.3 is 75.3 Å². The normalized spacial score (nSPS) is 32.7. The van der Waals surface area contributed by atoms with E-state index in [0.717, 1.165) is 98.6 Å². The second-order valence-corrected chi connectivity index (χ2v) is 33.9. The van der Waals surface area contributed by atoms with Crippen LogP contribution in [-0.4, -0.2) is 284 Å². The van der Waals surface area contributed by atoms with Crippen molar-refractivity contribution in [1.29, 1.82) is 0 Å². The molecule has 4 aromatic heterocycles. The molecule has 19 atom stereocenters. The molecule has 0 bridgehead atoms. The van der Waals surface area contributed by atoms with Gasteiger partial charge in [0.2, 0.25) is 61.3 Å². The number of amides is 3. The van der Waals surface area contributed by atoms with Crippen LogP contribution < -0.4 is 45.3 Å². The number of alkyl halides is 18. The highest BCUT2D eigenvalue weighted by atomic mass is 19.3. The van der Waals surface area contributed by atoms with Crippen LogP contribution in [0.25, 0.3) is 0 Å². The Morgan fingerprint density at radius 1 is 0.370 bits per heavy atom. The first-order valence-corrected chi connectivity index (χ1v) is 42.3. The first kappa shape index (κ1) is 113. The zero-order valence-electron chi connectivity index (χ0n) is 75.0. The van der Waals surface area contributed by atoms with Crippen LogP contribution >= 0.6 is 0 Å².